The number of aliphatic imine (C=N–C) groups is 1. The molecule has 0 spiro atoms. The molecule has 0 aliphatic heterocycles. The molecule has 3 aromatic rings. The van der Waals surface area contributed by atoms with Crippen molar-refractivity contribution in [2.45, 2.75) is 41.0 Å². The summed E-state index contributed by atoms with van der Waals surface area (Å²) in [4.78, 5) is 16.0. The lowest BCUT2D eigenvalue weighted by molar-refractivity contribution is 0.477. The maximum absolute atomic E-state index is 10.5. The van der Waals surface area contributed by atoms with Gasteiger partial charge in [-0.25, -0.2) is 9.97 Å². The molecule has 170 valence electrons. The van der Waals surface area contributed by atoms with Crippen molar-refractivity contribution in [2.24, 2.45) is 16.8 Å². The van der Waals surface area contributed by atoms with Crippen LogP contribution >= 0.6 is 0 Å². The second-order valence-corrected chi connectivity index (χ2v) is 9.03. The molecule has 0 radical (unpaired) electrons. The molecule has 0 saturated heterocycles. The van der Waals surface area contributed by atoms with Gasteiger partial charge in [-0.3, -0.25) is 4.99 Å². The van der Waals surface area contributed by atoms with Gasteiger partial charge >= 0.3 is 0 Å². The van der Waals surface area contributed by atoms with Crippen LogP contribution in [-0.4, -0.2) is 41.4 Å². The van der Waals surface area contributed by atoms with E-state index in [0.717, 1.165) is 41.7 Å². The van der Waals surface area contributed by atoms with Gasteiger partial charge in [0.2, 0.25) is 0 Å². The van der Waals surface area contributed by atoms with Gasteiger partial charge in [0, 0.05) is 60.4 Å². The van der Waals surface area contributed by atoms with Crippen molar-refractivity contribution in [2.75, 3.05) is 30.8 Å². The Morgan fingerprint density at radius 2 is 1.88 bits per heavy atom. The Hall–Kier alpha value is -3.15. The minimum absolute atomic E-state index is 0.0581. The number of phenols is 1. The first-order valence-corrected chi connectivity index (χ1v) is 11.3. The topological polar surface area (TPSA) is 87.6 Å². The molecule has 3 N–H and O–H groups in total. The van der Waals surface area contributed by atoms with Crippen molar-refractivity contribution >= 4 is 28.5 Å². The summed E-state index contributed by atoms with van der Waals surface area (Å²) in [5.74, 6) is 1.73. The lowest BCUT2D eigenvalue weighted by atomic mass is 10.0. The van der Waals surface area contributed by atoms with Gasteiger partial charge in [0.15, 0.2) is 5.82 Å². The normalized spacial score (nSPS) is 12.7. The third kappa shape index (κ3) is 5.18. The number of nitrogen functional groups attached to an aromatic ring is 1. The first-order valence-electron chi connectivity index (χ1n) is 11.3. The molecule has 1 heterocycles. The predicted octanol–water partition coefficient (Wildman–Crippen LogP) is 5.45. The van der Waals surface area contributed by atoms with Gasteiger partial charge < -0.3 is 15.7 Å². The first-order chi connectivity index (χ1) is 15.2. The van der Waals surface area contributed by atoms with Crippen LogP contribution in [0.1, 0.15) is 45.4 Å². The number of aryl methyl sites for hydroxylation is 1. The highest BCUT2D eigenvalue weighted by Crippen LogP contribution is 2.33. The van der Waals surface area contributed by atoms with E-state index in [4.69, 9.17) is 15.7 Å². The van der Waals surface area contributed by atoms with E-state index in [2.05, 4.69) is 55.8 Å². The van der Waals surface area contributed by atoms with E-state index < -0.39 is 0 Å². The van der Waals surface area contributed by atoms with Gasteiger partial charge in [0.1, 0.15) is 5.75 Å². The van der Waals surface area contributed by atoms with Crippen LogP contribution in [0.25, 0.3) is 22.3 Å². The standard InChI is InChI=1S/C26H35N5O/c1-7-17(4)15-31(14-16(2)3)20-8-9-24-21(11-20)18(5)29-26(30-24)22-10-19(13-28-6)23(27)12-25(22)32/h8-13,16-17,32H,7,14-15,27H2,1-6H3/t17-/m1/s1. The van der Waals surface area contributed by atoms with Crippen LogP contribution in [0.5, 0.6) is 5.75 Å². The van der Waals surface area contributed by atoms with Gasteiger partial charge in [-0.05, 0) is 43.0 Å². The van der Waals surface area contributed by atoms with Gasteiger partial charge in [-0.1, -0.05) is 34.1 Å². The van der Waals surface area contributed by atoms with Gasteiger partial charge in [-0.15, -0.1) is 0 Å². The van der Waals surface area contributed by atoms with E-state index in [0.29, 0.717) is 28.9 Å². The highest BCUT2D eigenvalue weighted by atomic mass is 16.3. The fraction of sp³-hybridized carbons (Fsp3) is 0.423. The number of nitrogens with two attached hydrogens (primary N) is 1. The quantitative estimate of drug-likeness (QED) is 0.364. The molecule has 0 fully saturated rings. The maximum Gasteiger partial charge on any atom is 0.163 e. The Morgan fingerprint density at radius 1 is 1.12 bits per heavy atom. The Morgan fingerprint density at radius 3 is 2.53 bits per heavy atom. The minimum atomic E-state index is 0.0581. The molecule has 0 unspecified atom stereocenters. The Bertz CT molecular complexity index is 1120. The van der Waals surface area contributed by atoms with E-state index in [1.807, 2.05) is 6.92 Å². The molecular formula is C26H35N5O. The average molecular weight is 434 g/mol. The van der Waals surface area contributed by atoms with Crippen molar-refractivity contribution in [1.82, 2.24) is 9.97 Å². The first kappa shape index (κ1) is 23.5. The number of nitrogens with zero attached hydrogens (tertiary/aromatic N) is 4. The smallest absolute Gasteiger partial charge is 0.163 e. The lowest BCUT2D eigenvalue weighted by Gasteiger charge is -2.29. The number of aromatic hydroxyl groups is 1. The summed E-state index contributed by atoms with van der Waals surface area (Å²) in [5, 5.41) is 11.5. The van der Waals surface area contributed by atoms with Crippen molar-refractivity contribution in [3.63, 3.8) is 0 Å². The number of anilines is 2. The van der Waals surface area contributed by atoms with E-state index in [1.54, 1.807) is 19.3 Å². The summed E-state index contributed by atoms with van der Waals surface area (Å²) in [6, 6.07) is 9.69. The highest BCUT2D eigenvalue weighted by molar-refractivity contribution is 5.91. The molecule has 6 nitrogen and oxygen atoms in total. The molecule has 0 amide bonds. The summed E-state index contributed by atoms with van der Waals surface area (Å²) >= 11 is 0. The van der Waals surface area contributed by atoms with Crippen LogP contribution in [0.2, 0.25) is 0 Å². The van der Waals surface area contributed by atoms with E-state index >= 15 is 0 Å². The number of hydrogen-bond acceptors (Lipinski definition) is 6. The average Bonchev–Trinajstić information content (AvgIpc) is 2.74. The highest BCUT2D eigenvalue weighted by Gasteiger charge is 2.16. The molecule has 0 aliphatic carbocycles. The largest absolute Gasteiger partial charge is 0.507 e. The third-order valence-corrected chi connectivity index (χ3v) is 5.76. The van der Waals surface area contributed by atoms with Crippen LogP contribution in [0, 0.1) is 18.8 Å². The summed E-state index contributed by atoms with van der Waals surface area (Å²) < 4.78 is 0. The molecule has 32 heavy (non-hydrogen) atoms. The zero-order chi connectivity index (χ0) is 23.4. The monoisotopic (exact) mass is 433 g/mol. The van der Waals surface area contributed by atoms with Crippen LogP contribution in [0.15, 0.2) is 35.3 Å². The third-order valence-electron chi connectivity index (χ3n) is 5.76. The SMILES string of the molecule is CC[C@@H](C)CN(CC(C)C)c1ccc2nc(-c3cc(C=NC)c(N)cc3O)nc(C)c2c1. The number of hydrogen-bond donors (Lipinski definition) is 2. The van der Waals surface area contributed by atoms with Crippen LogP contribution < -0.4 is 10.6 Å². The summed E-state index contributed by atoms with van der Waals surface area (Å²) in [6.07, 6.45) is 2.82. The van der Waals surface area contributed by atoms with Crippen LogP contribution in [0.3, 0.4) is 0 Å². The summed E-state index contributed by atoms with van der Waals surface area (Å²) in [6.45, 7) is 13.1. The molecule has 2 aromatic carbocycles. The number of phenolic OH excluding ortho intramolecular Hbond substituents is 1. The van der Waals surface area contributed by atoms with E-state index in [-0.39, 0.29) is 5.75 Å². The second kappa shape index (κ2) is 9.98. The predicted molar refractivity (Wildman–Crippen MR) is 136 cm³/mol. The zero-order valence-corrected chi connectivity index (χ0v) is 20.1. The van der Waals surface area contributed by atoms with Crippen LogP contribution in [-0.2, 0) is 0 Å². The molecule has 0 bridgehead atoms. The van der Waals surface area contributed by atoms with Crippen molar-refractivity contribution in [3.8, 4) is 17.1 Å². The van der Waals surface area contributed by atoms with Crippen LogP contribution in [0.4, 0.5) is 11.4 Å². The Kier molecular flexibility index (Phi) is 7.33. The molecule has 0 saturated carbocycles. The number of aromatic nitrogens is 2. The molecule has 1 aromatic heterocycles. The van der Waals surface area contributed by atoms with Crippen molar-refractivity contribution in [1.29, 1.82) is 0 Å². The maximum atomic E-state index is 10.5. The summed E-state index contributed by atoms with van der Waals surface area (Å²) in [7, 11) is 1.68. The van der Waals surface area contributed by atoms with Crippen molar-refractivity contribution in [3.05, 3.63) is 41.6 Å². The molecule has 0 aliphatic rings. The molecule has 1 atom stereocenters. The van der Waals surface area contributed by atoms with Gasteiger partial charge in [0.25, 0.3) is 0 Å². The minimum Gasteiger partial charge on any atom is -0.507 e. The molecule has 6 heteroatoms. The molecular weight excluding hydrogens is 398 g/mol. The lowest BCUT2D eigenvalue weighted by Crippen LogP contribution is -2.31. The fourth-order valence-electron chi connectivity index (χ4n) is 3.87. The van der Waals surface area contributed by atoms with Gasteiger partial charge in [-0.2, -0.15) is 0 Å². The number of rotatable bonds is 8. The Labute approximate surface area is 191 Å². The van der Waals surface area contributed by atoms with E-state index in [9.17, 15) is 5.11 Å². The van der Waals surface area contributed by atoms with E-state index in [1.165, 1.54) is 11.8 Å². The number of fused-ring (bicyclic) bond motifs is 1. The van der Waals surface area contributed by atoms with Gasteiger partial charge in [0.05, 0.1) is 11.1 Å². The molecule has 3 rings (SSSR count). The second-order valence-electron chi connectivity index (χ2n) is 9.03. The van der Waals surface area contributed by atoms with Crippen molar-refractivity contribution < 1.29 is 5.11 Å². The zero-order valence-electron chi connectivity index (χ0n) is 20.1. The summed E-state index contributed by atoms with van der Waals surface area (Å²) in [5.41, 5.74) is 10.7. The Balaban J connectivity index is 2.06. The fourth-order valence-corrected chi connectivity index (χ4v) is 3.87. The number of benzene rings is 2.